The quantitative estimate of drug-likeness (QED) is 0.870. The van der Waals surface area contributed by atoms with E-state index < -0.39 is 0 Å². The first-order valence-electron chi connectivity index (χ1n) is 8.99. The highest BCUT2D eigenvalue weighted by molar-refractivity contribution is 5.98. The Morgan fingerprint density at radius 1 is 1.15 bits per heavy atom. The smallest absolute Gasteiger partial charge is 0.251 e. The molecule has 2 N–H and O–H groups in total. The van der Waals surface area contributed by atoms with Crippen molar-refractivity contribution in [2.45, 2.75) is 33.2 Å². The Hall–Kier alpha value is -2.82. The molecule has 0 radical (unpaired) electrons. The number of fused-ring (bicyclic) bond motifs is 1. The predicted octanol–water partition coefficient (Wildman–Crippen LogP) is 3.13. The SMILES string of the molecule is Cc1cc(C(=O)NC(C)C)ccc1NCC(=O)N1CCc2ccccc21. The van der Waals surface area contributed by atoms with Crippen molar-refractivity contribution >= 4 is 23.2 Å². The van der Waals surface area contributed by atoms with Crippen LogP contribution < -0.4 is 15.5 Å². The number of benzene rings is 2. The number of amides is 2. The van der Waals surface area contributed by atoms with Crippen molar-refractivity contribution in [3.8, 4) is 0 Å². The second kappa shape index (κ2) is 7.60. The molecule has 1 aliphatic rings. The molecule has 1 heterocycles. The molecule has 3 rings (SSSR count). The Bertz CT molecular complexity index is 830. The zero-order valence-electron chi connectivity index (χ0n) is 15.5. The summed E-state index contributed by atoms with van der Waals surface area (Å²) in [5.74, 6) is -0.0321. The van der Waals surface area contributed by atoms with E-state index in [4.69, 9.17) is 0 Å². The summed E-state index contributed by atoms with van der Waals surface area (Å²) in [4.78, 5) is 26.5. The van der Waals surface area contributed by atoms with Crippen LogP contribution in [0.2, 0.25) is 0 Å². The largest absolute Gasteiger partial charge is 0.376 e. The molecule has 26 heavy (non-hydrogen) atoms. The summed E-state index contributed by atoms with van der Waals surface area (Å²) in [5, 5.41) is 6.09. The maximum absolute atomic E-state index is 12.6. The van der Waals surface area contributed by atoms with Gasteiger partial charge in [0.1, 0.15) is 0 Å². The molecule has 0 aliphatic carbocycles. The normalized spacial score (nSPS) is 12.8. The molecule has 0 fully saturated rings. The van der Waals surface area contributed by atoms with Crippen molar-refractivity contribution in [2.24, 2.45) is 0 Å². The molecule has 5 nitrogen and oxygen atoms in total. The molecule has 0 spiro atoms. The minimum Gasteiger partial charge on any atom is -0.376 e. The Balaban J connectivity index is 1.63. The second-order valence-electron chi connectivity index (χ2n) is 6.94. The van der Waals surface area contributed by atoms with Crippen LogP contribution in [-0.2, 0) is 11.2 Å². The van der Waals surface area contributed by atoms with Crippen molar-refractivity contribution in [3.05, 3.63) is 59.2 Å². The molecular weight excluding hydrogens is 326 g/mol. The number of nitrogens with one attached hydrogen (secondary N) is 2. The van der Waals surface area contributed by atoms with E-state index in [0.717, 1.165) is 29.9 Å². The first-order chi connectivity index (χ1) is 12.5. The lowest BCUT2D eigenvalue weighted by atomic mass is 10.1. The van der Waals surface area contributed by atoms with Crippen molar-refractivity contribution < 1.29 is 9.59 Å². The zero-order chi connectivity index (χ0) is 18.7. The number of rotatable bonds is 5. The van der Waals surface area contributed by atoms with Crippen LogP contribution in [0.1, 0.15) is 35.3 Å². The molecule has 5 heteroatoms. The minimum absolute atomic E-state index is 0.0518. The third-order valence-corrected chi connectivity index (χ3v) is 4.53. The summed E-state index contributed by atoms with van der Waals surface area (Å²) in [6.07, 6.45) is 0.903. The van der Waals surface area contributed by atoms with Crippen LogP contribution in [0.3, 0.4) is 0 Å². The van der Waals surface area contributed by atoms with Gasteiger partial charge in [-0.1, -0.05) is 18.2 Å². The Morgan fingerprint density at radius 3 is 2.65 bits per heavy atom. The maximum atomic E-state index is 12.6. The van der Waals surface area contributed by atoms with Gasteiger partial charge in [0.05, 0.1) is 6.54 Å². The molecule has 0 bridgehead atoms. The number of nitrogens with zero attached hydrogens (tertiary/aromatic N) is 1. The van der Waals surface area contributed by atoms with Gasteiger partial charge in [-0.3, -0.25) is 9.59 Å². The molecule has 136 valence electrons. The highest BCUT2D eigenvalue weighted by atomic mass is 16.2. The summed E-state index contributed by atoms with van der Waals surface area (Å²) >= 11 is 0. The highest BCUT2D eigenvalue weighted by Gasteiger charge is 2.23. The topological polar surface area (TPSA) is 61.4 Å². The van der Waals surface area contributed by atoms with Gasteiger partial charge in [0, 0.05) is 29.5 Å². The fourth-order valence-corrected chi connectivity index (χ4v) is 3.21. The Labute approximate surface area is 154 Å². The van der Waals surface area contributed by atoms with E-state index in [2.05, 4.69) is 16.7 Å². The molecule has 0 unspecified atom stereocenters. The van der Waals surface area contributed by atoms with Gasteiger partial charge in [-0.15, -0.1) is 0 Å². The number of hydrogen-bond acceptors (Lipinski definition) is 3. The van der Waals surface area contributed by atoms with Crippen molar-refractivity contribution in [2.75, 3.05) is 23.3 Å². The van der Waals surface area contributed by atoms with Gasteiger partial charge in [-0.2, -0.15) is 0 Å². The van der Waals surface area contributed by atoms with Gasteiger partial charge in [-0.05, 0) is 62.6 Å². The molecule has 0 saturated carbocycles. The lowest BCUT2D eigenvalue weighted by Crippen LogP contribution is -2.34. The second-order valence-corrected chi connectivity index (χ2v) is 6.94. The van der Waals surface area contributed by atoms with Crippen LogP contribution in [-0.4, -0.2) is 30.9 Å². The summed E-state index contributed by atoms with van der Waals surface area (Å²) in [6, 6.07) is 13.6. The lowest BCUT2D eigenvalue weighted by Gasteiger charge is -2.19. The van der Waals surface area contributed by atoms with E-state index in [1.807, 2.05) is 56.0 Å². The Kier molecular flexibility index (Phi) is 5.26. The lowest BCUT2D eigenvalue weighted by molar-refractivity contribution is -0.116. The molecule has 0 aromatic heterocycles. The summed E-state index contributed by atoms with van der Waals surface area (Å²) < 4.78 is 0. The van der Waals surface area contributed by atoms with E-state index in [0.29, 0.717) is 5.56 Å². The van der Waals surface area contributed by atoms with E-state index >= 15 is 0 Å². The van der Waals surface area contributed by atoms with Gasteiger partial charge < -0.3 is 15.5 Å². The van der Waals surface area contributed by atoms with E-state index in [1.54, 1.807) is 6.07 Å². The van der Waals surface area contributed by atoms with Crippen LogP contribution in [0.25, 0.3) is 0 Å². The van der Waals surface area contributed by atoms with Crippen LogP contribution >= 0.6 is 0 Å². The number of carbonyl (C=O) groups is 2. The zero-order valence-corrected chi connectivity index (χ0v) is 15.5. The summed E-state index contributed by atoms with van der Waals surface area (Å²) in [7, 11) is 0. The molecule has 2 aromatic rings. The Morgan fingerprint density at radius 2 is 1.92 bits per heavy atom. The summed E-state index contributed by atoms with van der Waals surface area (Å²) in [5.41, 5.74) is 4.67. The molecule has 1 aliphatic heterocycles. The molecule has 0 saturated heterocycles. The number of carbonyl (C=O) groups excluding carboxylic acids is 2. The molecular formula is C21H25N3O2. The van der Waals surface area contributed by atoms with E-state index in [-0.39, 0.29) is 24.4 Å². The van der Waals surface area contributed by atoms with Gasteiger partial charge >= 0.3 is 0 Å². The van der Waals surface area contributed by atoms with Crippen molar-refractivity contribution in [1.29, 1.82) is 0 Å². The van der Waals surface area contributed by atoms with Crippen LogP contribution in [0.4, 0.5) is 11.4 Å². The molecule has 2 aromatic carbocycles. The van der Waals surface area contributed by atoms with Gasteiger partial charge in [-0.25, -0.2) is 0 Å². The van der Waals surface area contributed by atoms with Crippen molar-refractivity contribution in [3.63, 3.8) is 0 Å². The van der Waals surface area contributed by atoms with Crippen LogP contribution in [0, 0.1) is 6.92 Å². The predicted molar refractivity (Wildman–Crippen MR) is 105 cm³/mol. The fourth-order valence-electron chi connectivity index (χ4n) is 3.21. The number of para-hydroxylation sites is 1. The average Bonchev–Trinajstić information content (AvgIpc) is 3.04. The van der Waals surface area contributed by atoms with Crippen molar-refractivity contribution in [1.82, 2.24) is 5.32 Å². The van der Waals surface area contributed by atoms with Gasteiger partial charge in [0.2, 0.25) is 5.91 Å². The van der Waals surface area contributed by atoms with Gasteiger partial charge in [0.25, 0.3) is 5.91 Å². The van der Waals surface area contributed by atoms with Gasteiger partial charge in [0.15, 0.2) is 0 Å². The number of aryl methyl sites for hydroxylation is 1. The van der Waals surface area contributed by atoms with Crippen LogP contribution in [0.5, 0.6) is 0 Å². The highest BCUT2D eigenvalue weighted by Crippen LogP contribution is 2.27. The summed E-state index contributed by atoms with van der Waals surface area (Å²) in [6.45, 7) is 6.76. The van der Waals surface area contributed by atoms with E-state index in [9.17, 15) is 9.59 Å². The first kappa shape index (κ1) is 18.0. The standard InChI is InChI=1S/C21H25N3O2/c1-14(2)23-21(26)17-8-9-18(15(3)12-17)22-13-20(25)24-11-10-16-6-4-5-7-19(16)24/h4-9,12,14,22H,10-11,13H2,1-3H3,(H,23,26). The number of hydrogen-bond donors (Lipinski definition) is 2. The van der Waals surface area contributed by atoms with Crippen LogP contribution in [0.15, 0.2) is 42.5 Å². The number of anilines is 2. The fraction of sp³-hybridized carbons (Fsp3) is 0.333. The molecule has 0 atom stereocenters. The average molecular weight is 351 g/mol. The minimum atomic E-state index is -0.0839. The monoisotopic (exact) mass is 351 g/mol. The third kappa shape index (κ3) is 3.87. The maximum Gasteiger partial charge on any atom is 0.251 e. The van der Waals surface area contributed by atoms with E-state index in [1.165, 1.54) is 5.56 Å². The first-order valence-corrected chi connectivity index (χ1v) is 8.99. The third-order valence-electron chi connectivity index (χ3n) is 4.53. The molecule has 2 amide bonds.